The van der Waals surface area contributed by atoms with Gasteiger partial charge in [0.1, 0.15) is 0 Å². The highest BCUT2D eigenvalue weighted by Gasteiger charge is 2.23. The van der Waals surface area contributed by atoms with E-state index in [-0.39, 0.29) is 23.7 Å². The molecule has 1 N–H and O–H groups in total. The lowest BCUT2D eigenvalue weighted by molar-refractivity contribution is -0.146. The molecule has 1 atom stereocenters. The number of benzene rings is 1. The maximum Gasteiger partial charge on any atom is 0.310 e. The summed E-state index contributed by atoms with van der Waals surface area (Å²) in [6, 6.07) is 9.51. The van der Waals surface area contributed by atoms with Crippen LogP contribution in [0.1, 0.15) is 19.4 Å². The zero-order chi connectivity index (χ0) is 14.3. The van der Waals surface area contributed by atoms with Crippen LogP contribution in [-0.4, -0.2) is 25.5 Å². The van der Waals surface area contributed by atoms with Crippen molar-refractivity contribution in [2.45, 2.75) is 20.3 Å². The number of esters is 1. The van der Waals surface area contributed by atoms with E-state index >= 15 is 0 Å². The Labute approximate surface area is 114 Å². The Morgan fingerprint density at radius 2 is 1.84 bits per heavy atom. The molecule has 104 valence electrons. The molecule has 0 aromatic heterocycles. The SMILES string of the molecule is COC(=O)[C@@H](CNC(=O)Cc1ccccc1)C(C)C. The lowest BCUT2D eigenvalue weighted by Gasteiger charge is -2.18. The van der Waals surface area contributed by atoms with Crippen molar-refractivity contribution in [2.24, 2.45) is 11.8 Å². The zero-order valence-electron chi connectivity index (χ0n) is 11.7. The van der Waals surface area contributed by atoms with Gasteiger partial charge in [0.2, 0.25) is 5.91 Å². The molecule has 0 saturated heterocycles. The molecule has 4 nitrogen and oxygen atoms in total. The largest absolute Gasteiger partial charge is 0.469 e. The third kappa shape index (κ3) is 5.12. The van der Waals surface area contributed by atoms with Crippen molar-refractivity contribution < 1.29 is 14.3 Å². The van der Waals surface area contributed by atoms with Gasteiger partial charge in [0, 0.05) is 6.54 Å². The number of hydrogen-bond donors (Lipinski definition) is 1. The Hall–Kier alpha value is -1.84. The van der Waals surface area contributed by atoms with Gasteiger partial charge in [-0.2, -0.15) is 0 Å². The monoisotopic (exact) mass is 263 g/mol. The Morgan fingerprint density at radius 3 is 2.37 bits per heavy atom. The van der Waals surface area contributed by atoms with Gasteiger partial charge in [-0.15, -0.1) is 0 Å². The van der Waals surface area contributed by atoms with E-state index in [1.165, 1.54) is 7.11 Å². The molecule has 0 bridgehead atoms. The molecule has 0 fully saturated rings. The fourth-order valence-corrected chi connectivity index (χ4v) is 1.81. The van der Waals surface area contributed by atoms with E-state index < -0.39 is 0 Å². The van der Waals surface area contributed by atoms with Gasteiger partial charge in [-0.05, 0) is 11.5 Å². The number of amides is 1. The summed E-state index contributed by atoms with van der Waals surface area (Å²) >= 11 is 0. The minimum absolute atomic E-state index is 0.0826. The molecule has 0 aliphatic carbocycles. The van der Waals surface area contributed by atoms with E-state index in [1.54, 1.807) is 0 Å². The van der Waals surface area contributed by atoms with Crippen LogP contribution in [-0.2, 0) is 20.7 Å². The standard InChI is InChI=1S/C15H21NO3/c1-11(2)13(15(18)19-3)10-16-14(17)9-12-7-5-4-6-8-12/h4-8,11,13H,9-10H2,1-3H3,(H,16,17)/t13-/m0/s1. The molecule has 1 aromatic rings. The molecule has 4 heteroatoms. The van der Waals surface area contributed by atoms with Crippen LogP contribution in [0.2, 0.25) is 0 Å². The first-order valence-corrected chi connectivity index (χ1v) is 6.43. The number of methoxy groups -OCH3 is 1. The Morgan fingerprint density at radius 1 is 1.21 bits per heavy atom. The summed E-state index contributed by atoms with van der Waals surface area (Å²) in [5.41, 5.74) is 0.958. The van der Waals surface area contributed by atoms with Gasteiger partial charge in [-0.1, -0.05) is 44.2 Å². The third-order valence-corrected chi connectivity index (χ3v) is 3.04. The van der Waals surface area contributed by atoms with Crippen molar-refractivity contribution in [3.8, 4) is 0 Å². The zero-order valence-corrected chi connectivity index (χ0v) is 11.7. The van der Waals surface area contributed by atoms with Crippen molar-refractivity contribution in [2.75, 3.05) is 13.7 Å². The first-order valence-electron chi connectivity index (χ1n) is 6.43. The van der Waals surface area contributed by atoms with Crippen LogP contribution in [0.3, 0.4) is 0 Å². The van der Waals surface area contributed by atoms with E-state index in [1.807, 2.05) is 44.2 Å². The topological polar surface area (TPSA) is 55.4 Å². The normalized spacial score (nSPS) is 12.0. The molecule has 0 radical (unpaired) electrons. The van der Waals surface area contributed by atoms with Crippen LogP contribution >= 0.6 is 0 Å². The van der Waals surface area contributed by atoms with Crippen LogP contribution < -0.4 is 5.32 Å². The van der Waals surface area contributed by atoms with E-state index in [0.29, 0.717) is 13.0 Å². The lowest BCUT2D eigenvalue weighted by atomic mass is 9.96. The maximum absolute atomic E-state index is 11.8. The molecule has 1 amide bonds. The second-order valence-corrected chi connectivity index (χ2v) is 4.84. The third-order valence-electron chi connectivity index (χ3n) is 3.04. The fourth-order valence-electron chi connectivity index (χ4n) is 1.81. The Balaban J connectivity index is 2.46. The molecule has 1 aromatic carbocycles. The molecule has 0 saturated carbocycles. The molecular weight excluding hydrogens is 242 g/mol. The van der Waals surface area contributed by atoms with Crippen LogP contribution in [0.4, 0.5) is 0 Å². The number of carbonyl (C=O) groups excluding carboxylic acids is 2. The summed E-state index contributed by atoms with van der Waals surface area (Å²) in [5.74, 6) is -0.537. The minimum Gasteiger partial charge on any atom is -0.469 e. The van der Waals surface area contributed by atoms with Gasteiger partial charge in [-0.25, -0.2) is 0 Å². The maximum atomic E-state index is 11.8. The van der Waals surface area contributed by atoms with Crippen LogP contribution in [0.15, 0.2) is 30.3 Å². The molecule has 0 spiro atoms. The minimum atomic E-state index is -0.301. The number of nitrogens with one attached hydrogen (secondary N) is 1. The molecule has 1 rings (SSSR count). The summed E-state index contributed by atoms with van der Waals surface area (Å²) in [6.45, 7) is 4.19. The molecule has 0 aliphatic heterocycles. The average Bonchev–Trinajstić information content (AvgIpc) is 2.39. The van der Waals surface area contributed by atoms with Gasteiger partial charge in [-0.3, -0.25) is 9.59 Å². The van der Waals surface area contributed by atoms with Crippen molar-refractivity contribution >= 4 is 11.9 Å². The van der Waals surface area contributed by atoms with Crippen molar-refractivity contribution in [1.29, 1.82) is 0 Å². The van der Waals surface area contributed by atoms with Gasteiger partial charge >= 0.3 is 5.97 Å². The van der Waals surface area contributed by atoms with Crippen molar-refractivity contribution in [1.82, 2.24) is 5.32 Å². The van der Waals surface area contributed by atoms with Crippen LogP contribution in [0, 0.1) is 11.8 Å². The van der Waals surface area contributed by atoms with Gasteiger partial charge < -0.3 is 10.1 Å². The quantitative estimate of drug-likeness (QED) is 0.796. The predicted molar refractivity (Wildman–Crippen MR) is 73.5 cm³/mol. The predicted octanol–water partition coefficient (Wildman–Crippen LogP) is 1.79. The van der Waals surface area contributed by atoms with Gasteiger partial charge in [0.05, 0.1) is 19.4 Å². The highest BCUT2D eigenvalue weighted by molar-refractivity contribution is 5.79. The van der Waals surface area contributed by atoms with Crippen LogP contribution in [0.5, 0.6) is 0 Å². The second-order valence-electron chi connectivity index (χ2n) is 4.84. The van der Waals surface area contributed by atoms with Gasteiger partial charge in [0.15, 0.2) is 0 Å². The summed E-state index contributed by atoms with van der Waals surface area (Å²) in [7, 11) is 1.36. The summed E-state index contributed by atoms with van der Waals surface area (Å²) in [4.78, 5) is 23.3. The highest BCUT2D eigenvalue weighted by Crippen LogP contribution is 2.11. The van der Waals surface area contributed by atoms with E-state index in [2.05, 4.69) is 5.32 Å². The molecule has 0 aliphatic rings. The average molecular weight is 263 g/mol. The summed E-state index contributed by atoms with van der Waals surface area (Å²) < 4.78 is 4.73. The first-order chi connectivity index (χ1) is 9.04. The van der Waals surface area contributed by atoms with E-state index in [4.69, 9.17) is 4.74 Å². The van der Waals surface area contributed by atoms with Crippen LogP contribution in [0.25, 0.3) is 0 Å². The smallest absolute Gasteiger partial charge is 0.310 e. The Bertz CT molecular complexity index is 415. The summed E-state index contributed by atoms with van der Waals surface area (Å²) in [6.07, 6.45) is 0.326. The van der Waals surface area contributed by atoms with Gasteiger partial charge in [0.25, 0.3) is 0 Å². The number of rotatable bonds is 6. The molecule has 0 heterocycles. The Kier molecular flexibility index (Phi) is 6.06. The molecule has 19 heavy (non-hydrogen) atoms. The summed E-state index contributed by atoms with van der Waals surface area (Å²) in [5, 5.41) is 2.79. The molecular formula is C15H21NO3. The number of hydrogen-bond acceptors (Lipinski definition) is 3. The highest BCUT2D eigenvalue weighted by atomic mass is 16.5. The van der Waals surface area contributed by atoms with E-state index in [9.17, 15) is 9.59 Å². The van der Waals surface area contributed by atoms with E-state index in [0.717, 1.165) is 5.56 Å². The number of ether oxygens (including phenoxy) is 1. The lowest BCUT2D eigenvalue weighted by Crippen LogP contribution is -2.36. The second kappa shape index (κ2) is 7.56. The molecule has 0 unspecified atom stereocenters. The first kappa shape index (κ1) is 15.2. The fraction of sp³-hybridized carbons (Fsp3) is 0.467. The number of carbonyl (C=O) groups is 2. The van der Waals surface area contributed by atoms with Crippen molar-refractivity contribution in [3.05, 3.63) is 35.9 Å². The van der Waals surface area contributed by atoms with Crippen molar-refractivity contribution in [3.63, 3.8) is 0 Å².